The fourth-order valence-corrected chi connectivity index (χ4v) is 3.68. The summed E-state index contributed by atoms with van der Waals surface area (Å²) >= 11 is 0. The van der Waals surface area contributed by atoms with Gasteiger partial charge in [0.15, 0.2) is 0 Å². The summed E-state index contributed by atoms with van der Waals surface area (Å²) < 4.78 is 29.2. The Bertz CT molecular complexity index is 968. The second-order valence-corrected chi connectivity index (χ2v) is 8.48. The number of hydrogen-bond acceptors (Lipinski definition) is 5. The summed E-state index contributed by atoms with van der Waals surface area (Å²) in [5, 5.41) is 11.1. The molecule has 2 aromatic heterocycles. The van der Waals surface area contributed by atoms with Gasteiger partial charge in [-0.25, -0.2) is 18.4 Å². The van der Waals surface area contributed by atoms with E-state index in [4.69, 9.17) is 0 Å². The predicted molar refractivity (Wildman–Crippen MR) is 103 cm³/mol. The van der Waals surface area contributed by atoms with Gasteiger partial charge in [-0.2, -0.15) is 5.10 Å². The van der Waals surface area contributed by atoms with Gasteiger partial charge in [-0.15, -0.1) is 5.10 Å². The van der Waals surface area contributed by atoms with Crippen molar-refractivity contribution >= 4 is 17.6 Å². The van der Waals surface area contributed by atoms with E-state index in [-0.39, 0.29) is 30.6 Å². The molecule has 1 aliphatic carbocycles. The summed E-state index contributed by atoms with van der Waals surface area (Å²) in [6, 6.07) is 1.11. The fraction of sp³-hybridized carbons (Fsp3) is 0.632. The van der Waals surface area contributed by atoms with E-state index < -0.39 is 23.8 Å². The van der Waals surface area contributed by atoms with E-state index in [1.165, 1.54) is 11.0 Å². The molecule has 2 atom stereocenters. The van der Waals surface area contributed by atoms with Gasteiger partial charge in [-0.3, -0.25) is 19.2 Å². The van der Waals surface area contributed by atoms with E-state index >= 15 is 0 Å². The van der Waals surface area contributed by atoms with Crippen LogP contribution >= 0.6 is 0 Å². The third kappa shape index (κ3) is 4.05. The number of halogens is 2. The first-order valence-electron chi connectivity index (χ1n) is 10.1. The number of aromatic nitrogens is 5. The first kappa shape index (κ1) is 20.4. The molecule has 0 aromatic carbocycles. The van der Waals surface area contributed by atoms with E-state index in [2.05, 4.69) is 20.5 Å². The number of carbonyl (C=O) groups is 2. The number of anilines is 1. The van der Waals surface area contributed by atoms with Crippen molar-refractivity contribution in [3.8, 4) is 0 Å². The van der Waals surface area contributed by atoms with Crippen LogP contribution in [0.1, 0.15) is 43.0 Å². The predicted octanol–water partition coefficient (Wildman–Crippen LogP) is 1.63. The lowest BCUT2D eigenvalue weighted by Gasteiger charge is -2.26. The summed E-state index contributed by atoms with van der Waals surface area (Å²) in [5.41, 5.74) is 0.824. The number of nitrogens with zero attached hydrogens (tertiary/aromatic N) is 6. The molecule has 1 saturated carbocycles. The zero-order chi connectivity index (χ0) is 21.6. The van der Waals surface area contributed by atoms with Gasteiger partial charge in [0, 0.05) is 31.5 Å². The molecule has 2 aromatic rings. The van der Waals surface area contributed by atoms with E-state index in [9.17, 15) is 18.4 Å². The molecular weight excluding hydrogens is 396 g/mol. The number of nitrogens with one attached hydrogen (secondary N) is 1. The zero-order valence-electron chi connectivity index (χ0n) is 17.2. The van der Waals surface area contributed by atoms with Gasteiger partial charge in [0.05, 0.1) is 12.2 Å². The molecule has 4 rings (SSSR count). The van der Waals surface area contributed by atoms with Crippen molar-refractivity contribution in [3.63, 3.8) is 0 Å². The van der Waals surface area contributed by atoms with Crippen molar-refractivity contribution in [2.45, 2.75) is 58.7 Å². The van der Waals surface area contributed by atoms with E-state index in [1.54, 1.807) is 9.58 Å². The van der Waals surface area contributed by atoms with E-state index in [0.717, 1.165) is 11.5 Å². The largest absolute Gasteiger partial charge is 0.337 e. The average molecular weight is 421 g/mol. The van der Waals surface area contributed by atoms with Crippen molar-refractivity contribution in [2.24, 2.45) is 11.8 Å². The minimum Gasteiger partial charge on any atom is -0.337 e. The molecule has 0 saturated heterocycles. The van der Waals surface area contributed by atoms with Crippen molar-refractivity contribution < 1.29 is 18.4 Å². The van der Waals surface area contributed by atoms with Crippen LogP contribution in [-0.4, -0.2) is 54.9 Å². The lowest BCUT2D eigenvalue weighted by Crippen LogP contribution is -2.49. The number of carbonyl (C=O) groups excluding carboxylic acids is 2. The van der Waals surface area contributed by atoms with Crippen LogP contribution in [0, 0.1) is 18.8 Å². The molecule has 1 N–H and O–H groups in total. The SMILES string of the molecule is Cc1cc2n(n1)CC[C@H](NC(=O)c1ncn(CC3CC3(F)F)n1)C(=O)N2CC(C)C. The highest BCUT2D eigenvalue weighted by Crippen LogP contribution is 2.49. The lowest BCUT2D eigenvalue weighted by molar-refractivity contribution is -0.120. The molecule has 1 aliphatic heterocycles. The Balaban J connectivity index is 1.46. The summed E-state index contributed by atoms with van der Waals surface area (Å²) in [7, 11) is 0. The minimum absolute atomic E-state index is 0.0122. The summed E-state index contributed by atoms with van der Waals surface area (Å²) in [6.07, 6.45) is 1.47. The topological polar surface area (TPSA) is 97.9 Å². The quantitative estimate of drug-likeness (QED) is 0.765. The maximum Gasteiger partial charge on any atom is 0.291 e. The monoisotopic (exact) mass is 421 g/mol. The summed E-state index contributed by atoms with van der Waals surface area (Å²) in [6.45, 7) is 6.89. The average Bonchev–Trinajstić information content (AvgIpc) is 3.01. The second kappa shape index (κ2) is 7.44. The Morgan fingerprint density at radius 3 is 2.77 bits per heavy atom. The van der Waals surface area contributed by atoms with Crippen LogP contribution in [0.3, 0.4) is 0 Å². The Morgan fingerprint density at radius 1 is 1.37 bits per heavy atom. The number of fused-ring (bicyclic) bond motifs is 1. The molecule has 2 amide bonds. The number of rotatable bonds is 6. The second-order valence-electron chi connectivity index (χ2n) is 8.48. The van der Waals surface area contributed by atoms with Crippen LogP contribution in [0.4, 0.5) is 14.6 Å². The van der Waals surface area contributed by atoms with Crippen molar-refractivity contribution in [1.82, 2.24) is 29.9 Å². The molecule has 11 heteroatoms. The molecule has 1 fully saturated rings. The van der Waals surface area contributed by atoms with Crippen LogP contribution in [-0.2, 0) is 17.9 Å². The molecule has 9 nitrogen and oxygen atoms in total. The molecule has 0 radical (unpaired) electrons. The fourth-order valence-electron chi connectivity index (χ4n) is 3.68. The Kier molecular flexibility index (Phi) is 5.07. The highest BCUT2D eigenvalue weighted by Gasteiger charge is 2.56. The standard InChI is InChI=1S/C19H25F2N7O2/c1-11(2)8-27-15-6-12(3)24-28(15)5-4-14(18(27)30)23-17(29)16-22-10-26(25-16)9-13-7-19(13,20)21/h6,10-11,13-14H,4-5,7-9H2,1-3H3,(H,23,29)/t13?,14-/m0/s1. The first-order valence-corrected chi connectivity index (χ1v) is 10.1. The third-order valence-corrected chi connectivity index (χ3v) is 5.31. The molecule has 30 heavy (non-hydrogen) atoms. The first-order chi connectivity index (χ1) is 14.1. The van der Waals surface area contributed by atoms with Crippen LogP contribution in [0.25, 0.3) is 0 Å². The smallest absolute Gasteiger partial charge is 0.291 e. The zero-order valence-corrected chi connectivity index (χ0v) is 17.2. The molecule has 162 valence electrons. The molecule has 3 heterocycles. The van der Waals surface area contributed by atoms with Gasteiger partial charge in [0.1, 0.15) is 18.2 Å². The Hall–Kier alpha value is -2.85. The van der Waals surface area contributed by atoms with Gasteiger partial charge in [-0.05, 0) is 19.3 Å². The number of hydrogen-bond donors (Lipinski definition) is 1. The third-order valence-electron chi connectivity index (χ3n) is 5.31. The van der Waals surface area contributed by atoms with Crippen LogP contribution < -0.4 is 10.2 Å². The maximum atomic E-state index is 13.2. The van der Waals surface area contributed by atoms with Gasteiger partial charge < -0.3 is 5.32 Å². The Morgan fingerprint density at radius 2 is 2.10 bits per heavy atom. The molecule has 0 spiro atoms. The van der Waals surface area contributed by atoms with Gasteiger partial charge in [0.25, 0.3) is 17.7 Å². The normalized spacial score (nSPS) is 22.7. The molecule has 0 bridgehead atoms. The molecule has 1 unspecified atom stereocenters. The van der Waals surface area contributed by atoms with Gasteiger partial charge in [-0.1, -0.05) is 13.8 Å². The molecular formula is C19H25F2N7O2. The van der Waals surface area contributed by atoms with Crippen LogP contribution in [0.2, 0.25) is 0 Å². The van der Waals surface area contributed by atoms with Crippen molar-refractivity contribution in [2.75, 3.05) is 11.4 Å². The number of amides is 2. The van der Waals surface area contributed by atoms with Crippen molar-refractivity contribution in [3.05, 3.63) is 23.9 Å². The van der Waals surface area contributed by atoms with Gasteiger partial charge >= 0.3 is 0 Å². The van der Waals surface area contributed by atoms with E-state index in [0.29, 0.717) is 19.5 Å². The maximum absolute atomic E-state index is 13.2. The number of alkyl halides is 2. The molecule has 2 aliphatic rings. The van der Waals surface area contributed by atoms with Crippen LogP contribution in [0.5, 0.6) is 0 Å². The van der Waals surface area contributed by atoms with Crippen LogP contribution in [0.15, 0.2) is 12.4 Å². The lowest BCUT2D eigenvalue weighted by atomic mass is 10.1. The highest BCUT2D eigenvalue weighted by molar-refractivity contribution is 6.01. The van der Waals surface area contributed by atoms with Gasteiger partial charge in [0.2, 0.25) is 5.82 Å². The van der Waals surface area contributed by atoms with Crippen molar-refractivity contribution in [1.29, 1.82) is 0 Å². The summed E-state index contributed by atoms with van der Waals surface area (Å²) in [4.78, 5) is 31.4. The highest BCUT2D eigenvalue weighted by atomic mass is 19.3. The van der Waals surface area contributed by atoms with E-state index in [1.807, 2.05) is 26.8 Å². The Labute approximate surface area is 172 Å². The number of aryl methyl sites for hydroxylation is 2. The minimum atomic E-state index is -2.66. The summed E-state index contributed by atoms with van der Waals surface area (Å²) in [5.74, 6) is -3.44.